The Hall–Kier alpha value is 3.10. The van der Waals surface area contributed by atoms with Crippen LogP contribution in [-0.2, 0) is 36.4 Å². The number of aliphatic hydroxyl groups excluding tert-OH is 2. The number of carbonyl (C=O) groups excluding carboxylic acids is 2. The summed E-state index contributed by atoms with van der Waals surface area (Å²) in [5, 5.41) is 21.7. The van der Waals surface area contributed by atoms with Gasteiger partial charge in [0.25, 0.3) is 15.6 Å². The Morgan fingerprint density at radius 3 is 2.00 bits per heavy atom. The van der Waals surface area contributed by atoms with Crippen molar-refractivity contribution in [3.63, 3.8) is 0 Å². The van der Waals surface area contributed by atoms with Gasteiger partial charge in [-0.25, -0.2) is 14.1 Å². The number of aliphatic hydroxyl groups is 2. The zero-order chi connectivity index (χ0) is 22.2. The van der Waals surface area contributed by atoms with Crippen LogP contribution in [0.3, 0.4) is 0 Å². The van der Waals surface area contributed by atoms with Gasteiger partial charge in [0.05, 0.1) is 14.4 Å². The second-order valence-corrected chi connectivity index (χ2v) is 9.77. The molecule has 17 nitrogen and oxygen atoms in total. The van der Waals surface area contributed by atoms with E-state index in [-0.39, 0.29) is 118 Å². The van der Waals surface area contributed by atoms with Gasteiger partial charge in [-0.2, -0.15) is 0 Å². The first kappa shape index (κ1) is 40.6. The van der Waals surface area contributed by atoms with Gasteiger partial charge in [0, 0.05) is 6.21 Å². The SMILES string of the molecule is O=C1N=CC(C2OC(COP(=O)([O-])OP(=O)([O-])OP(=O)([O-])[O-])C(O)C2O)C(=O)N1.[Na+].[Na+].[Na+].[Na+]. The number of phosphoric acid groups is 3. The van der Waals surface area contributed by atoms with E-state index in [1.165, 1.54) is 0 Å². The monoisotopic (exact) mass is 572 g/mol. The van der Waals surface area contributed by atoms with Crippen LogP contribution in [0.4, 0.5) is 4.79 Å². The first-order valence-corrected chi connectivity index (χ1v) is 11.6. The molecule has 24 heteroatoms. The molecular formula is C9H11N2Na4O15P3. The zero-order valence-corrected chi connectivity index (χ0v) is 28.3. The number of ether oxygens (including phenoxy) is 1. The third-order valence-corrected chi connectivity index (χ3v) is 7.10. The Morgan fingerprint density at radius 1 is 0.970 bits per heavy atom. The van der Waals surface area contributed by atoms with E-state index in [0.717, 1.165) is 6.21 Å². The molecule has 2 aliphatic rings. The first-order chi connectivity index (χ1) is 13.1. The maximum absolute atomic E-state index is 11.7. The number of amides is 3. The second-order valence-electron chi connectivity index (χ2n) is 5.52. The third-order valence-electron chi connectivity index (χ3n) is 3.44. The average molecular weight is 572 g/mol. The summed E-state index contributed by atoms with van der Waals surface area (Å²) >= 11 is 0. The van der Waals surface area contributed by atoms with Gasteiger partial charge in [0.1, 0.15) is 30.3 Å². The van der Waals surface area contributed by atoms with E-state index in [1.54, 1.807) is 0 Å². The van der Waals surface area contributed by atoms with Crippen LogP contribution >= 0.6 is 23.5 Å². The van der Waals surface area contributed by atoms with E-state index in [9.17, 15) is 53.1 Å². The van der Waals surface area contributed by atoms with Gasteiger partial charge < -0.3 is 43.6 Å². The van der Waals surface area contributed by atoms with Crippen LogP contribution in [0.15, 0.2) is 4.99 Å². The smallest absolute Gasteiger partial charge is 0.790 e. The molecule has 0 aliphatic carbocycles. The van der Waals surface area contributed by atoms with Gasteiger partial charge in [-0.15, -0.1) is 0 Å². The number of rotatable bonds is 8. The van der Waals surface area contributed by atoms with Crippen LogP contribution in [0, 0.1) is 5.92 Å². The Balaban J connectivity index is -0.00000225. The van der Waals surface area contributed by atoms with Crippen LogP contribution in [0.25, 0.3) is 0 Å². The number of urea groups is 1. The van der Waals surface area contributed by atoms with Crippen molar-refractivity contribution < 1.29 is 189 Å². The van der Waals surface area contributed by atoms with Crippen molar-refractivity contribution in [2.45, 2.75) is 24.4 Å². The van der Waals surface area contributed by atoms with Gasteiger partial charge in [0.2, 0.25) is 5.91 Å². The molecule has 7 unspecified atom stereocenters. The topological polar surface area (TPSA) is 279 Å². The molecule has 0 aromatic carbocycles. The fourth-order valence-corrected chi connectivity index (χ4v) is 5.20. The summed E-state index contributed by atoms with van der Waals surface area (Å²) in [7, 11) is -18.2. The largest absolute Gasteiger partial charge is 1.00 e. The molecule has 3 N–H and O–H groups in total. The summed E-state index contributed by atoms with van der Waals surface area (Å²) in [6.45, 7) is -1.16. The number of carbonyl (C=O) groups is 2. The average Bonchev–Trinajstić information content (AvgIpc) is 2.78. The van der Waals surface area contributed by atoms with E-state index in [0.29, 0.717) is 0 Å². The fourth-order valence-electron chi connectivity index (χ4n) is 2.33. The summed E-state index contributed by atoms with van der Waals surface area (Å²) in [6.07, 6.45) is -5.90. The summed E-state index contributed by atoms with van der Waals surface area (Å²) in [4.78, 5) is 69.0. The molecule has 0 spiro atoms. The van der Waals surface area contributed by atoms with Gasteiger partial charge in [0.15, 0.2) is 0 Å². The van der Waals surface area contributed by atoms with E-state index < -0.39 is 72.3 Å². The summed E-state index contributed by atoms with van der Waals surface area (Å²) in [5.74, 6) is -2.26. The minimum atomic E-state index is -6.17. The molecule has 1 fully saturated rings. The van der Waals surface area contributed by atoms with Crippen molar-refractivity contribution in [3.05, 3.63) is 0 Å². The summed E-state index contributed by atoms with van der Waals surface area (Å²) < 4.78 is 48.3. The molecule has 0 saturated carbocycles. The second kappa shape index (κ2) is 16.3. The molecule has 2 rings (SSSR count). The fraction of sp³-hybridized carbons (Fsp3) is 0.667. The molecule has 1 saturated heterocycles. The van der Waals surface area contributed by atoms with Crippen molar-refractivity contribution in [2.24, 2.45) is 10.9 Å². The zero-order valence-electron chi connectivity index (χ0n) is 17.7. The van der Waals surface area contributed by atoms with Crippen molar-refractivity contribution in [3.8, 4) is 0 Å². The Kier molecular flexibility index (Phi) is 20.0. The summed E-state index contributed by atoms with van der Waals surface area (Å²) in [5.41, 5.74) is 0. The van der Waals surface area contributed by atoms with Gasteiger partial charge in [-0.05, 0) is 0 Å². The molecule has 0 aromatic rings. The normalized spacial score (nSPS) is 30.3. The van der Waals surface area contributed by atoms with Gasteiger partial charge >= 0.3 is 124 Å². The standard InChI is InChI=1S/C9H15N2O15P3.4Na/c12-5-4(2-23-28(19,20)26-29(21,22)25-27(16,17)18)24-7(6(5)13)3-1-10-9(15)11-8(3)14;;;;/h1,3-7,12-13H,2H2,(H,19,20)(H,21,22)(H,11,14,15)(H2,16,17,18);;;;/q;4*+1/p-4. The van der Waals surface area contributed by atoms with Crippen molar-refractivity contribution in [1.29, 1.82) is 0 Å². The summed E-state index contributed by atoms with van der Waals surface area (Å²) in [6, 6.07) is -0.978. The van der Waals surface area contributed by atoms with Crippen LogP contribution in [0.1, 0.15) is 0 Å². The molecule has 7 atom stereocenters. The Morgan fingerprint density at radius 2 is 1.52 bits per heavy atom. The number of nitrogens with one attached hydrogen (secondary N) is 1. The predicted octanol–water partition coefficient (Wildman–Crippen LogP) is -16.8. The quantitative estimate of drug-likeness (QED) is 0.180. The molecule has 2 aliphatic heterocycles. The van der Waals surface area contributed by atoms with E-state index in [1.807, 2.05) is 5.32 Å². The van der Waals surface area contributed by atoms with Crippen molar-refractivity contribution in [2.75, 3.05) is 6.61 Å². The van der Waals surface area contributed by atoms with Crippen molar-refractivity contribution >= 4 is 41.6 Å². The molecule has 33 heavy (non-hydrogen) atoms. The van der Waals surface area contributed by atoms with E-state index in [4.69, 9.17) is 4.74 Å². The number of hydrogen-bond donors (Lipinski definition) is 3. The minimum Gasteiger partial charge on any atom is -0.790 e. The van der Waals surface area contributed by atoms with Gasteiger partial charge in [-0.1, -0.05) is 0 Å². The molecular weight excluding hydrogens is 561 g/mol. The van der Waals surface area contributed by atoms with Crippen LogP contribution < -0.4 is 143 Å². The number of hydrogen-bond acceptors (Lipinski definition) is 15. The predicted molar refractivity (Wildman–Crippen MR) is 77.1 cm³/mol. The minimum absolute atomic E-state index is 0. The van der Waals surface area contributed by atoms with E-state index >= 15 is 0 Å². The maximum atomic E-state index is 11.7. The molecule has 3 amide bonds. The molecule has 0 radical (unpaired) electrons. The van der Waals surface area contributed by atoms with Crippen molar-refractivity contribution in [1.82, 2.24) is 5.32 Å². The third kappa shape index (κ3) is 13.1. The number of phosphoric ester groups is 1. The first-order valence-electron chi connectivity index (χ1n) is 7.22. The Labute approximate surface area is 274 Å². The van der Waals surface area contributed by atoms with E-state index in [2.05, 4.69) is 18.1 Å². The van der Waals surface area contributed by atoms with Gasteiger partial charge in [-0.3, -0.25) is 23.6 Å². The Bertz CT molecular complexity index is 856. The molecule has 0 bridgehead atoms. The number of nitrogens with zero attached hydrogens (tertiary/aromatic N) is 1. The molecule has 166 valence electrons. The molecule has 0 aromatic heterocycles. The maximum Gasteiger partial charge on any atom is 1.00 e. The number of aliphatic imine (C=N–C) groups is 1. The van der Waals surface area contributed by atoms with Crippen LogP contribution in [-0.4, -0.2) is 59.4 Å². The van der Waals surface area contributed by atoms with Crippen LogP contribution in [0.2, 0.25) is 0 Å². The number of imide groups is 1. The van der Waals surface area contributed by atoms with Crippen LogP contribution in [0.5, 0.6) is 0 Å². The molecule has 2 heterocycles.